The quantitative estimate of drug-likeness (QED) is 0.801. The van der Waals surface area contributed by atoms with Crippen LogP contribution in [0, 0.1) is 0 Å². The van der Waals surface area contributed by atoms with Gasteiger partial charge in [0.25, 0.3) is 0 Å². The minimum Gasteiger partial charge on any atom is -0.364 e. The molecule has 4 nitrogen and oxygen atoms in total. The first-order chi connectivity index (χ1) is 9.24. The minimum atomic E-state index is 0.154. The summed E-state index contributed by atoms with van der Waals surface area (Å²) in [5.41, 5.74) is 1.96. The van der Waals surface area contributed by atoms with Crippen LogP contribution < -0.4 is 5.32 Å². The number of rotatable bonds is 3. The van der Waals surface area contributed by atoms with Crippen molar-refractivity contribution in [2.24, 2.45) is 0 Å². The third kappa shape index (κ3) is 2.50. The monoisotopic (exact) mass is 292 g/mol. The van der Waals surface area contributed by atoms with E-state index in [1.165, 1.54) is 0 Å². The van der Waals surface area contributed by atoms with Gasteiger partial charge in [-0.2, -0.15) is 4.98 Å². The Morgan fingerprint density at radius 3 is 2.63 bits per heavy atom. The summed E-state index contributed by atoms with van der Waals surface area (Å²) < 4.78 is 1.56. The van der Waals surface area contributed by atoms with Crippen LogP contribution in [0.15, 0.2) is 42.5 Å². The zero-order chi connectivity index (χ0) is 13.2. The molecule has 0 bridgehead atoms. The van der Waals surface area contributed by atoms with Crippen LogP contribution in [-0.4, -0.2) is 14.6 Å². The van der Waals surface area contributed by atoms with E-state index in [1.807, 2.05) is 36.4 Å². The lowest BCUT2D eigenvalue weighted by atomic mass is 10.2. The van der Waals surface area contributed by atoms with Gasteiger partial charge < -0.3 is 5.32 Å². The number of halogens is 2. The van der Waals surface area contributed by atoms with E-state index in [-0.39, 0.29) is 5.28 Å². The van der Waals surface area contributed by atoms with Crippen LogP contribution in [0.3, 0.4) is 0 Å². The first-order valence-electron chi connectivity index (χ1n) is 5.72. The summed E-state index contributed by atoms with van der Waals surface area (Å²) in [5, 5.41) is 7.95. The van der Waals surface area contributed by atoms with E-state index >= 15 is 0 Å². The van der Waals surface area contributed by atoms with E-state index < -0.39 is 0 Å². The topological polar surface area (TPSA) is 42.2 Å². The first-order valence-corrected chi connectivity index (χ1v) is 6.48. The number of hydrogen-bond acceptors (Lipinski definition) is 3. The predicted octanol–water partition coefficient (Wildman–Crippen LogP) is 3.65. The van der Waals surface area contributed by atoms with Gasteiger partial charge in [-0.05, 0) is 29.3 Å². The molecule has 3 rings (SSSR count). The number of nitrogens with zero attached hydrogens (tertiary/aromatic N) is 3. The van der Waals surface area contributed by atoms with Gasteiger partial charge in [0.1, 0.15) is 10.7 Å². The van der Waals surface area contributed by atoms with Gasteiger partial charge in [-0.1, -0.05) is 41.9 Å². The number of hydrogen-bond donors (Lipinski definition) is 1. The zero-order valence-electron chi connectivity index (χ0n) is 9.85. The van der Waals surface area contributed by atoms with Crippen molar-refractivity contribution in [2.45, 2.75) is 6.54 Å². The number of aromatic nitrogens is 3. The smallest absolute Gasteiger partial charge is 0.243 e. The lowest BCUT2D eigenvalue weighted by Gasteiger charge is -2.08. The van der Waals surface area contributed by atoms with Crippen molar-refractivity contribution in [1.82, 2.24) is 14.6 Å². The maximum Gasteiger partial charge on any atom is 0.243 e. The highest BCUT2D eigenvalue weighted by atomic mass is 35.5. The molecule has 0 aliphatic rings. The van der Waals surface area contributed by atoms with Crippen LogP contribution in [0.25, 0.3) is 5.52 Å². The van der Waals surface area contributed by atoms with Crippen molar-refractivity contribution in [3.05, 3.63) is 58.5 Å². The molecule has 6 heteroatoms. The van der Waals surface area contributed by atoms with E-state index in [2.05, 4.69) is 15.4 Å². The number of fused-ring (bicyclic) bond motifs is 1. The molecule has 1 aromatic carbocycles. The lowest BCUT2D eigenvalue weighted by molar-refractivity contribution is 0.901. The van der Waals surface area contributed by atoms with Gasteiger partial charge in [0, 0.05) is 6.54 Å². The molecule has 3 aromatic rings. The maximum absolute atomic E-state index is 6.02. The molecule has 0 fully saturated rings. The molecule has 0 unspecified atom stereocenters. The maximum atomic E-state index is 6.02. The van der Waals surface area contributed by atoms with Crippen molar-refractivity contribution in [3.8, 4) is 0 Å². The summed E-state index contributed by atoms with van der Waals surface area (Å²) in [6.45, 7) is 0.659. The van der Waals surface area contributed by atoms with Gasteiger partial charge in [0.15, 0.2) is 5.82 Å². The van der Waals surface area contributed by atoms with Gasteiger partial charge >= 0.3 is 0 Å². The molecule has 0 atom stereocenters. The van der Waals surface area contributed by atoms with E-state index in [0.29, 0.717) is 17.5 Å². The van der Waals surface area contributed by atoms with Gasteiger partial charge in [-0.3, -0.25) is 0 Å². The number of anilines is 1. The third-order valence-electron chi connectivity index (χ3n) is 2.74. The third-order valence-corrected chi connectivity index (χ3v) is 3.19. The SMILES string of the molecule is Clc1nc(NCc2ccccc2)c2ccc(Cl)n2n1. The Labute approximate surface area is 120 Å². The standard InChI is InChI=1S/C13H10Cl2N4/c14-11-7-6-10-12(17-13(15)18-19(10)11)16-8-9-4-2-1-3-5-9/h1-7H,8H2,(H,16,17,18). The Morgan fingerprint density at radius 2 is 1.84 bits per heavy atom. The average Bonchev–Trinajstić information content (AvgIpc) is 2.79. The van der Waals surface area contributed by atoms with E-state index in [9.17, 15) is 0 Å². The van der Waals surface area contributed by atoms with Crippen LogP contribution in [0.1, 0.15) is 5.56 Å². The van der Waals surface area contributed by atoms with Gasteiger partial charge in [-0.25, -0.2) is 4.52 Å². The summed E-state index contributed by atoms with van der Waals surface area (Å²) in [7, 11) is 0. The van der Waals surface area contributed by atoms with Crippen molar-refractivity contribution in [1.29, 1.82) is 0 Å². The van der Waals surface area contributed by atoms with Crippen LogP contribution >= 0.6 is 23.2 Å². The summed E-state index contributed by atoms with van der Waals surface area (Å²) in [6, 6.07) is 13.7. The fourth-order valence-electron chi connectivity index (χ4n) is 1.85. The van der Waals surface area contributed by atoms with Crippen molar-refractivity contribution >= 4 is 34.5 Å². The molecule has 0 aliphatic heterocycles. The van der Waals surface area contributed by atoms with E-state index in [1.54, 1.807) is 10.6 Å². The molecular weight excluding hydrogens is 283 g/mol. The zero-order valence-corrected chi connectivity index (χ0v) is 11.4. The second-order valence-electron chi connectivity index (χ2n) is 4.02. The molecule has 0 saturated carbocycles. The fraction of sp³-hybridized carbons (Fsp3) is 0.0769. The largest absolute Gasteiger partial charge is 0.364 e. The number of nitrogens with one attached hydrogen (secondary N) is 1. The summed E-state index contributed by atoms with van der Waals surface area (Å²) in [4.78, 5) is 4.19. The van der Waals surface area contributed by atoms with Crippen LogP contribution in [-0.2, 0) is 6.54 Å². The summed E-state index contributed by atoms with van der Waals surface area (Å²) >= 11 is 11.9. The summed E-state index contributed by atoms with van der Waals surface area (Å²) in [5.74, 6) is 0.663. The molecule has 0 radical (unpaired) electrons. The molecule has 1 N–H and O–H groups in total. The first kappa shape index (κ1) is 12.3. The normalized spacial score (nSPS) is 10.8. The van der Waals surface area contributed by atoms with Crippen molar-refractivity contribution < 1.29 is 0 Å². The Morgan fingerprint density at radius 1 is 1.05 bits per heavy atom. The van der Waals surface area contributed by atoms with Gasteiger partial charge in [0.05, 0.1) is 0 Å². The van der Waals surface area contributed by atoms with Crippen molar-refractivity contribution in [2.75, 3.05) is 5.32 Å². The van der Waals surface area contributed by atoms with Crippen molar-refractivity contribution in [3.63, 3.8) is 0 Å². The molecule has 19 heavy (non-hydrogen) atoms. The molecule has 0 saturated heterocycles. The van der Waals surface area contributed by atoms with Gasteiger partial charge in [0.2, 0.25) is 5.28 Å². The molecule has 96 valence electrons. The molecular formula is C13H10Cl2N4. The highest BCUT2D eigenvalue weighted by molar-refractivity contribution is 6.30. The van der Waals surface area contributed by atoms with Gasteiger partial charge in [-0.15, -0.1) is 5.10 Å². The molecule has 2 heterocycles. The van der Waals surface area contributed by atoms with E-state index in [4.69, 9.17) is 23.2 Å². The summed E-state index contributed by atoms with van der Waals surface area (Å²) in [6.07, 6.45) is 0. The fourth-order valence-corrected chi connectivity index (χ4v) is 2.20. The van der Waals surface area contributed by atoms with Crippen LogP contribution in [0.2, 0.25) is 10.4 Å². The molecule has 0 amide bonds. The average molecular weight is 293 g/mol. The van der Waals surface area contributed by atoms with Crippen LogP contribution in [0.4, 0.5) is 5.82 Å². The highest BCUT2D eigenvalue weighted by Gasteiger charge is 2.09. The molecule has 0 aliphatic carbocycles. The number of benzene rings is 1. The van der Waals surface area contributed by atoms with Crippen LogP contribution in [0.5, 0.6) is 0 Å². The highest BCUT2D eigenvalue weighted by Crippen LogP contribution is 2.21. The second-order valence-corrected chi connectivity index (χ2v) is 4.75. The second kappa shape index (κ2) is 5.07. The Kier molecular flexibility index (Phi) is 3.27. The minimum absolute atomic E-state index is 0.154. The Bertz CT molecular complexity index is 709. The Hall–Kier alpha value is -1.78. The predicted molar refractivity (Wildman–Crippen MR) is 76.8 cm³/mol. The molecule has 0 spiro atoms. The molecule has 2 aromatic heterocycles. The lowest BCUT2D eigenvalue weighted by Crippen LogP contribution is -2.05. The Balaban J connectivity index is 1.92. The van der Waals surface area contributed by atoms with E-state index in [0.717, 1.165) is 11.1 Å².